The second-order valence-electron chi connectivity index (χ2n) is 5.80. The molecule has 1 aromatic rings. The molecule has 0 unspecified atom stereocenters. The molecule has 104 valence electrons. The molecule has 0 radical (unpaired) electrons. The van der Waals surface area contributed by atoms with Crippen LogP contribution >= 0.6 is 11.3 Å². The van der Waals surface area contributed by atoms with Gasteiger partial charge in [-0.25, -0.2) is 4.98 Å². The topological polar surface area (TPSA) is 33.2 Å². The monoisotopic (exact) mass is 278 g/mol. The molecule has 4 heteroatoms. The van der Waals surface area contributed by atoms with E-state index in [1.54, 1.807) is 11.3 Å². The van der Waals surface area contributed by atoms with Crippen molar-refractivity contribution in [1.82, 2.24) is 9.88 Å². The van der Waals surface area contributed by atoms with Crippen LogP contribution in [0.4, 0.5) is 0 Å². The van der Waals surface area contributed by atoms with E-state index in [4.69, 9.17) is 0 Å². The number of likely N-dealkylation sites (tertiary alicyclic amines) is 1. The van der Waals surface area contributed by atoms with E-state index in [0.29, 0.717) is 17.7 Å². The molecule has 2 heterocycles. The van der Waals surface area contributed by atoms with Gasteiger partial charge in [-0.2, -0.15) is 0 Å². The van der Waals surface area contributed by atoms with Gasteiger partial charge in [0.1, 0.15) is 0 Å². The van der Waals surface area contributed by atoms with E-state index in [1.807, 2.05) is 6.20 Å². The summed E-state index contributed by atoms with van der Waals surface area (Å²) in [4.78, 5) is 19.0. The molecule has 3 rings (SSSR count). The first-order valence-electron chi connectivity index (χ1n) is 7.53. The van der Waals surface area contributed by atoms with Crippen LogP contribution < -0.4 is 0 Å². The maximum absolute atomic E-state index is 12.5. The van der Waals surface area contributed by atoms with Gasteiger partial charge < -0.3 is 4.90 Å². The Bertz CT molecular complexity index is 404. The summed E-state index contributed by atoms with van der Waals surface area (Å²) < 4.78 is 0. The highest BCUT2D eigenvalue weighted by Crippen LogP contribution is 2.31. The van der Waals surface area contributed by atoms with Crippen LogP contribution in [-0.2, 0) is 4.79 Å². The van der Waals surface area contributed by atoms with E-state index in [9.17, 15) is 4.79 Å². The van der Waals surface area contributed by atoms with Gasteiger partial charge in [0.05, 0.1) is 5.01 Å². The average Bonchev–Trinajstić information content (AvgIpc) is 3.02. The molecule has 1 aliphatic heterocycles. The van der Waals surface area contributed by atoms with Crippen LogP contribution in [0.1, 0.15) is 55.9 Å². The molecule has 0 bridgehead atoms. The Hall–Kier alpha value is -0.900. The molecule has 0 spiro atoms. The lowest BCUT2D eigenvalue weighted by atomic mass is 9.87. The predicted octanol–water partition coefficient (Wildman–Crippen LogP) is 3.43. The number of carbonyl (C=O) groups is 1. The Balaban J connectivity index is 1.53. The maximum atomic E-state index is 12.5. The van der Waals surface area contributed by atoms with Gasteiger partial charge >= 0.3 is 0 Å². The third kappa shape index (κ3) is 2.99. The molecule has 1 amide bonds. The number of rotatable bonds is 2. The van der Waals surface area contributed by atoms with E-state index >= 15 is 0 Å². The fraction of sp³-hybridized carbons (Fsp3) is 0.733. The lowest BCUT2D eigenvalue weighted by molar-refractivity contribution is -0.137. The molecular weight excluding hydrogens is 256 g/mol. The molecule has 19 heavy (non-hydrogen) atoms. The number of carbonyl (C=O) groups excluding carboxylic acids is 1. The minimum Gasteiger partial charge on any atom is -0.342 e. The third-order valence-electron chi connectivity index (χ3n) is 4.56. The van der Waals surface area contributed by atoms with Crippen molar-refractivity contribution in [3.63, 3.8) is 0 Å². The highest BCUT2D eigenvalue weighted by molar-refractivity contribution is 7.09. The maximum Gasteiger partial charge on any atom is 0.225 e. The van der Waals surface area contributed by atoms with Crippen molar-refractivity contribution in [3.05, 3.63) is 16.6 Å². The van der Waals surface area contributed by atoms with Crippen molar-refractivity contribution in [2.24, 2.45) is 5.92 Å². The largest absolute Gasteiger partial charge is 0.342 e. The van der Waals surface area contributed by atoms with E-state index < -0.39 is 0 Å². The van der Waals surface area contributed by atoms with Crippen molar-refractivity contribution < 1.29 is 4.79 Å². The first-order chi connectivity index (χ1) is 9.34. The number of aromatic nitrogens is 1. The highest BCUT2D eigenvalue weighted by Gasteiger charge is 2.30. The first-order valence-corrected chi connectivity index (χ1v) is 8.41. The summed E-state index contributed by atoms with van der Waals surface area (Å²) in [5.74, 6) is 1.33. The first kappa shape index (κ1) is 13.1. The van der Waals surface area contributed by atoms with Crippen molar-refractivity contribution in [1.29, 1.82) is 0 Å². The molecule has 1 aliphatic carbocycles. The Morgan fingerprint density at radius 2 is 1.89 bits per heavy atom. The van der Waals surface area contributed by atoms with Crippen molar-refractivity contribution in [2.75, 3.05) is 13.1 Å². The number of nitrogens with zero attached hydrogens (tertiary/aromatic N) is 2. The molecule has 0 N–H and O–H groups in total. The third-order valence-corrected chi connectivity index (χ3v) is 5.50. The molecule has 1 saturated carbocycles. The number of piperidine rings is 1. The van der Waals surface area contributed by atoms with Gasteiger partial charge in [0.25, 0.3) is 0 Å². The van der Waals surface area contributed by atoms with Gasteiger partial charge in [0.15, 0.2) is 0 Å². The second kappa shape index (κ2) is 6.04. The molecule has 1 aromatic heterocycles. The summed E-state index contributed by atoms with van der Waals surface area (Å²) in [5.41, 5.74) is 0. The standard InChI is InChI=1S/C15H22N2OS/c18-15(13-4-2-1-3-5-13)17-9-6-12(7-10-17)14-16-8-11-19-14/h8,11-13H,1-7,9-10H2. The molecule has 0 aromatic carbocycles. The van der Waals surface area contributed by atoms with Crippen LogP contribution in [0.3, 0.4) is 0 Å². The molecule has 1 saturated heterocycles. The highest BCUT2D eigenvalue weighted by atomic mass is 32.1. The fourth-order valence-corrected chi connectivity index (χ4v) is 4.20. The Morgan fingerprint density at radius 3 is 2.53 bits per heavy atom. The zero-order valence-corrected chi connectivity index (χ0v) is 12.2. The zero-order chi connectivity index (χ0) is 13.1. The van der Waals surface area contributed by atoms with Crippen LogP contribution in [0.5, 0.6) is 0 Å². The molecule has 2 aliphatic rings. The predicted molar refractivity (Wildman–Crippen MR) is 77.2 cm³/mol. The van der Waals surface area contributed by atoms with E-state index in [-0.39, 0.29) is 0 Å². The summed E-state index contributed by atoms with van der Waals surface area (Å²) >= 11 is 1.75. The molecule has 3 nitrogen and oxygen atoms in total. The SMILES string of the molecule is O=C(C1CCCCC1)N1CCC(c2nccs2)CC1. The van der Waals surface area contributed by atoms with Crippen LogP contribution in [0.25, 0.3) is 0 Å². The van der Waals surface area contributed by atoms with E-state index in [2.05, 4.69) is 15.3 Å². The Morgan fingerprint density at radius 1 is 1.16 bits per heavy atom. The smallest absolute Gasteiger partial charge is 0.225 e. The van der Waals surface area contributed by atoms with Crippen LogP contribution in [0.15, 0.2) is 11.6 Å². The van der Waals surface area contributed by atoms with Gasteiger partial charge in [0.2, 0.25) is 5.91 Å². The lowest BCUT2D eigenvalue weighted by Gasteiger charge is -2.34. The summed E-state index contributed by atoms with van der Waals surface area (Å²) in [7, 11) is 0. The molecular formula is C15H22N2OS. The normalized spacial score (nSPS) is 22.6. The lowest BCUT2D eigenvalue weighted by Crippen LogP contribution is -2.41. The Kier molecular flexibility index (Phi) is 4.16. The minimum absolute atomic E-state index is 0.324. The summed E-state index contributed by atoms with van der Waals surface area (Å²) in [5, 5.41) is 3.30. The summed E-state index contributed by atoms with van der Waals surface area (Å²) in [6.07, 6.45) is 10.1. The number of hydrogen-bond acceptors (Lipinski definition) is 3. The van der Waals surface area contributed by atoms with E-state index in [1.165, 1.54) is 24.3 Å². The van der Waals surface area contributed by atoms with Crippen LogP contribution in [-0.4, -0.2) is 28.9 Å². The molecule has 2 fully saturated rings. The van der Waals surface area contributed by atoms with Gasteiger partial charge in [-0.3, -0.25) is 4.79 Å². The van der Waals surface area contributed by atoms with Crippen LogP contribution in [0, 0.1) is 5.92 Å². The van der Waals surface area contributed by atoms with Crippen molar-refractivity contribution in [3.8, 4) is 0 Å². The van der Waals surface area contributed by atoms with E-state index in [0.717, 1.165) is 38.8 Å². The average molecular weight is 278 g/mol. The zero-order valence-electron chi connectivity index (χ0n) is 11.4. The fourth-order valence-electron chi connectivity index (χ4n) is 3.39. The summed E-state index contributed by atoms with van der Waals surface area (Å²) in [6.45, 7) is 1.86. The molecule has 0 atom stereocenters. The van der Waals surface area contributed by atoms with Gasteiger partial charge in [-0.15, -0.1) is 11.3 Å². The Labute approximate surface area is 119 Å². The minimum atomic E-state index is 0.324. The van der Waals surface area contributed by atoms with Gasteiger partial charge in [0, 0.05) is 36.5 Å². The van der Waals surface area contributed by atoms with Gasteiger partial charge in [-0.1, -0.05) is 19.3 Å². The number of hydrogen-bond donors (Lipinski definition) is 0. The number of thiazole rings is 1. The summed E-state index contributed by atoms with van der Waals surface area (Å²) in [6, 6.07) is 0. The van der Waals surface area contributed by atoms with Crippen LogP contribution in [0.2, 0.25) is 0 Å². The quantitative estimate of drug-likeness (QED) is 0.830. The second-order valence-corrected chi connectivity index (χ2v) is 6.73. The van der Waals surface area contributed by atoms with Crippen molar-refractivity contribution >= 4 is 17.2 Å². The number of amides is 1. The van der Waals surface area contributed by atoms with Gasteiger partial charge in [-0.05, 0) is 25.7 Å². The van der Waals surface area contributed by atoms with Crippen molar-refractivity contribution in [2.45, 2.75) is 50.9 Å².